The van der Waals surface area contributed by atoms with Crippen LogP contribution in [0.1, 0.15) is 13.8 Å². The highest BCUT2D eigenvalue weighted by atomic mass is 31.2. The predicted octanol–water partition coefficient (Wildman–Crippen LogP) is 4.04. The van der Waals surface area contributed by atoms with Gasteiger partial charge in [0.2, 0.25) is 0 Å². The smallest absolute Gasteiger partial charge is 0.306 e. The lowest BCUT2D eigenvalue weighted by molar-refractivity contribution is -0.312. The molecule has 0 bridgehead atoms. The van der Waals surface area contributed by atoms with E-state index in [0.717, 1.165) is 13.8 Å². The van der Waals surface area contributed by atoms with Gasteiger partial charge >= 0.3 is 25.4 Å². The molecule has 18 heavy (non-hydrogen) atoms. The molecule has 0 radical (unpaired) electrons. The van der Waals surface area contributed by atoms with Crippen molar-refractivity contribution in [3.8, 4) is 0 Å². The van der Waals surface area contributed by atoms with Crippen LogP contribution in [0.5, 0.6) is 0 Å². The van der Waals surface area contributed by atoms with Crippen molar-refractivity contribution in [3.63, 3.8) is 0 Å². The molecule has 0 aromatic carbocycles. The third-order valence-corrected chi connectivity index (χ3v) is 4.18. The number of hydrogen-bond acceptors (Lipinski definition) is 3. The summed E-state index contributed by atoms with van der Waals surface area (Å²) < 4.78 is 106. The lowest BCUT2D eigenvalue weighted by Crippen LogP contribution is -2.53. The molecule has 0 aromatic heterocycles. The van der Waals surface area contributed by atoms with Crippen molar-refractivity contribution in [1.82, 2.24) is 0 Å². The lowest BCUT2D eigenvalue weighted by Gasteiger charge is -2.34. The van der Waals surface area contributed by atoms with Gasteiger partial charge in [0.1, 0.15) is 0 Å². The monoisotopic (exact) mass is 306 g/mol. The van der Waals surface area contributed by atoms with Crippen LogP contribution >= 0.6 is 7.60 Å². The fourth-order valence-corrected chi connectivity index (χ4v) is 2.76. The summed E-state index contributed by atoms with van der Waals surface area (Å²) in [6.07, 6.45) is -13.0. The number of rotatable bonds is 5. The van der Waals surface area contributed by atoms with Gasteiger partial charge in [-0.05, 0) is 13.8 Å². The van der Waals surface area contributed by atoms with Gasteiger partial charge in [-0.15, -0.1) is 0 Å². The highest BCUT2D eigenvalue weighted by molar-refractivity contribution is 7.55. The van der Waals surface area contributed by atoms with Crippen molar-refractivity contribution >= 4 is 7.60 Å². The molecule has 0 atom stereocenters. The first-order valence-electron chi connectivity index (χ1n) is 4.59. The molecule has 0 unspecified atom stereocenters. The van der Waals surface area contributed by atoms with E-state index in [0.29, 0.717) is 0 Å². The van der Waals surface area contributed by atoms with E-state index in [4.69, 9.17) is 0 Å². The van der Waals surface area contributed by atoms with E-state index in [-0.39, 0.29) is 0 Å². The Morgan fingerprint density at radius 3 is 1.28 bits per heavy atom. The van der Waals surface area contributed by atoms with E-state index in [2.05, 4.69) is 9.05 Å². The second kappa shape index (κ2) is 5.34. The molecule has 3 nitrogen and oxygen atoms in total. The number of hydrogen-bond donors (Lipinski definition) is 0. The number of halogens is 7. The van der Waals surface area contributed by atoms with Gasteiger partial charge in [0.05, 0.1) is 13.2 Å². The molecule has 0 fully saturated rings. The van der Waals surface area contributed by atoms with E-state index in [9.17, 15) is 35.3 Å². The highest BCUT2D eigenvalue weighted by Gasteiger charge is 2.83. The van der Waals surface area contributed by atoms with Crippen LogP contribution in [0, 0.1) is 0 Å². The quantitative estimate of drug-likeness (QED) is 0.568. The maximum atomic E-state index is 13.5. The molecule has 0 amide bonds. The van der Waals surface area contributed by atoms with Gasteiger partial charge in [-0.3, -0.25) is 4.57 Å². The summed E-state index contributed by atoms with van der Waals surface area (Å²) in [6.45, 7) is 0.238. The number of alkyl halides is 7. The van der Waals surface area contributed by atoms with Crippen LogP contribution < -0.4 is 0 Å². The maximum Gasteiger partial charge on any atom is 0.443 e. The van der Waals surface area contributed by atoms with Crippen molar-refractivity contribution < 1.29 is 44.3 Å². The van der Waals surface area contributed by atoms with E-state index in [1.807, 2.05) is 0 Å². The second-order valence-corrected chi connectivity index (χ2v) is 5.08. The Morgan fingerprint density at radius 2 is 1.11 bits per heavy atom. The zero-order valence-electron chi connectivity index (χ0n) is 9.23. The summed E-state index contributed by atoms with van der Waals surface area (Å²) in [5.41, 5.74) is 0. The van der Waals surface area contributed by atoms with Crippen LogP contribution in [-0.4, -0.2) is 31.0 Å². The van der Waals surface area contributed by atoms with Gasteiger partial charge in [-0.2, -0.15) is 26.3 Å². The third kappa shape index (κ3) is 2.80. The third-order valence-electron chi connectivity index (χ3n) is 1.73. The van der Waals surface area contributed by atoms with Crippen LogP contribution in [0.25, 0.3) is 0 Å². The van der Waals surface area contributed by atoms with Gasteiger partial charge in [0, 0.05) is 0 Å². The fraction of sp³-hybridized carbons (Fsp3) is 1.00. The summed E-state index contributed by atoms with van der Waals surface area (Å²) in [4.78, 5) is 0. The van der Waals surface area contributed by atoms with Crippen molar-refractivity contribution in [2.75, 3.05) is 13.2 Å². The van der Waals surface area contributed by atoms with Gasteiger partial charge in [0.25, 0.3) is 0 Å². The average Bonchev–Trinajstić information content (AvgIpc) is 2.13. The second-order valence-electron chi connectivity index (χ2n) is 2.95. The van der Waals surface area contributed by atoms with Crippen molar-refractivity contribution in [3.05, 3.63) is 0 Å². The molecule has 0 aliphatic carbocycles. The normalized spacial score (nSPS) is 14.9. The van der Waals surface area contributed by atoms with Gasteiger partial charge in [-0.1, -0.05) is 0 Å². The average molecular weight is 306 g/mol. The molecule has 11 heteroatoms. The summed E-state index contributed by atoms with van der Waals surface area (Å²) in [5.74, 6) is 0. The Kier molecular flexibility index (Phi) is 5.24. The minimum absolute atomic E-state index is 0.838. The Labute approximate surface area is 97.8 Å². The SMILES string of the molecule is CCOP(=O)(OCC)C(F)(C(F)(F)F)C(F)(F)F. The van der Waals surface area contributed by atoms with E-state index >= 15 is 0 Å². The largest absolute Gasteiger partial charge is 0.443 e. The van der Waals surface area contributed by atoms with E-state index in [1.165, 1.54) is 0 Å². The molecule has 0 saturated heterocycles. The lowest BCUT2D eigenvalue weighted by atomic mass is 10.3. The molecule has 0 aromatic rings. The summed E-state index contributed by atoms with van der Waals surface area (Å²) in [5, 5.41) is -6.06. The van der Waals surface area contributed by atoms with Crippen LogP contribution in [0.2, 0.25) is 0 Å². The molecule has 0 N–H and O–H groups in total. The van der Waals surface area contributed by atoms with Crippen LogP contribution in [0.3, 0.4) is 0 Å². The molecular weight excluding hydrogens is 296 g/mol. The maximum absolute atomic E-state index is 13.5. The minimum atomic E-state index is -6.48. The Balaban J connectivity index is 5.92. The first-order chi connectivity index (χ1) is 7.87. The zero-order valence-corrected chi connectivity index (χ0v) is 10.1. The molecular formula is C7H10F7O3P. The standard InChI is InChI=1S/C7H10F7O3P/c1-3-16-18(15,17-4-2)5(8,6(9,10)11)7(12,13)14/h3-4H2,1-2H3. The van der Waals surface area contributed by atoms with Gasteiger partial charge in [0.15, 0.2) is 0 Å². The van der Waals surface area contributed by atoms with Crippen LogP contribution in [0.4, 0.5) is 30.7 Å². The Hall–Kier alpha value is -0.340. The summed E-state index contributed by atoms with van der Waals surface area (Å²) >= 11 is 0. The molecule has 0 spiro atoms. The molecule has 0 aliphatic rings. The summed E-state index contributed by atoms with van der Waals surface area (Å²) in [7, 11) is -6.10. The fourth-order valence-electron chi connectivity index (χ4n) is 1.03. The Bertz CT molecular complexity index is 300. The Morgan fingerprint density at radius 1 is 0.833 bits per heavy atom. The molecule has 0 aliphatic heterocycles. The first kappa shape index (κ1) is 17.7. The van der Waals surface area contributed by atoms with Crippen LogP contribution in [0.15, 0.2) is 0 Å². The molecule has 110 valence electrons. The zero-order chi connectivity index (χ0) is 14.8. The van der Waals surface area contributed by atoms with Gasteiger partial charge < -0.3 is 9.05 Å². The van der Waals surface area contributed by atoms with E-state index in [1.54, 1.807) is 0 Å². The topological polar surface area (TPSA) is 35.5 Å². The molecule has 0 rings (SSSR count). The van der Waals surface area contributed by atoms with Crippen molar-refractivity contribution in [1.29, 1.82) is 0 Å². The van der Waals surface area contributed by atoms with Crippen LogP contribution in [-0.2, 0) is 13.6 Å². The van der Waals surface area contributed by atoms with Crippen molar-refractivity contribution in [2.45, 2.75) is 31.6 Å². The first-order valence-corrected chi connectivity index (χ1v) is 6.13. The predicted molar refractivity (Wildman–Crippen MR) is 46.8 cm³/mol. The van der Waals surface area contributed by atoms with Crippen molar-refractivity contribution in [2.24, 2.45) is 0 Å². The van der Waals surface area contributed by atoms with Gasteiger partial charge in [-0.25, -0.2) is 4.39 Å². The molecule has 0 saturated carbocycles. The molecule has 0 heterocycles. The highest BCUT2D eigenvalue weighted by Crippen LogP contribution is 2.71. The summed E-state index contributed by atoms with van der Waals surface area (Å²) in [6, 6.07) is 0. The minimum Gasteiger partial charge on any atom is -0.306 e. The van der Waals surface area contributed by atoms with E-state index < -0.39 is 38.6 Å².